The molecule has 0 radical (unpaired) electrons. The fourth-order valence-electron chi connectivity index (χ4n) is 3.06. The van der Waals surface area contributed by atoms with Gasteiger partial charge in [-0.05, 0) is 23.5 Å². The maximum atomic E-state index is 12.7. The standard InChI is InChI=1S/C23H25N3O3/c1-17(19-10-6-3-7-11-19)12-14-25-23(28)21-22(20(27)13-15-26(21)24)29-16-18-8-4-2-5-9-18/h2-11,13,15,17H,12,14,16,24H2,1H3,(H,25,28). The summed E-state index contributed by atoms with van der Waals surface area (Å²) in [4.78, 5) is 25.0. The van der Waals surface area contributed by atoms with Crippen LogP contribution in [0.5, 0.6) is 5.75 Å². The van der Waals surface area contributed by atoms with E-state index in [9.17, 15) is 9.59 Å². The molecule has 150 valence electrons. The van der Waals surface area contributed by atoms with Crippen molar-refractivity contribution in [3.63, 3.8) is 0 Å². The van der Waals surface area contributed by atoms with E-state index in [1.807, 2.05) is 48.5 Å². The average molecular weight is 391 g/mol. The second-order valence-electron chi connectivity index (χ2n) is 6.90. The lowest BCUT2D eigenvalue weighted by Crippen LogP contribution is -2.33. The Kier molecular flexibility index (Phi) is 6.68. The van der Waals surface area contributed by atoms with Gasteiger partial charge in [-0.15, -0.1) is 0 Å². The third-order valence-electron chi connectivity index (χ3n) is 4.76. The first-order chi connectivity index (χ1) is 14.1. The second-order valence-corrected chi connectivity index (χ2v) is 6.90. The fourth-order valence-corrected chi connectivity index (χ4v) is 3.06. The van der Waals surface area contributed by atoms with Gasteiger partial charge in [-0.2, -0.15) is 0 Å². The first-order valence-electron chi connectivity index (χ1n) is 9.57. The van der Waals surface area contributed by atoms with Gasteiger partial charge >= 0.3 is 0 Å². The normalized spacial score (nSPS) is 11.6. The number of carbonyl (C=O) groups is 1. The molecule has 1 amide bonds. The van der Waals surface area contributed by atoms with Crippen LogP contribution in [0.25, 0.3) is 0 Å². The number of nitrogen functional groups attached to an aromatic ring is 1. The van der Waals surface area contributed by atoms with Gasteiger partial charge in [-0.1, -0.05) is 67.6 Å². The molecule has 0 saturated heterocycles. The van der Waals surface area contributed by atoms with Crippen molar-refractivity contribution in [1.29, 1.82) is 0 Å². The van der Waals surface area contributed by atoms with Crippen molar-refractivity contribution in [3.8, 4) is 5.75 Å². The second kappa shape index (κ2) is 9.59. The maximum Gasteiger partial charge on any atom is 0.273 e. The molecule has 0 aliphatic heterocycles. The third kappa shape index (κ3) is 5.25. The Bertz CT molecular complexity index is 1000. The lowest BCUT2D eigenvalue weighted by atomic mass is 9.98. The number of nitrogens with zero attached hydrogens (tertiary/aromatic N) is 1. The molecule has 3 aromatic rings. The zero-order valence-corrected chi connectivity index (χ0v) is 16.4. The Hall–Kier alpha value is -3.54. The van der Waals surface area contributed by atoms with Crippen LogP contribution < -0.4 is 21.3 Å². The SMILES string of the molecule is CC(CCNC(=O)c1c(OCc2ccccc2)c(=O)ccn1N)c1ccccc1. The highest BCUT2D eigenvalue weighted by molar-refractivity contribution is 5.95. The van der Waals surface area contributed by atoms with Gasteiger partial charge in [0.25, 0.3) is 5.91 Å². The molecule has 0 aliphatic rings. The van der Waals surface area contributed by atoms with E-state index in [0.29, 0.717) is 12.5 Å². The number of nitrogens with two attached hydrogens (primary N) is 1. The molecule has 1 atom stereocenters. The highest BCUT2D eigenvalue weighted by Crippen LogP contribution is 2.18. The van der Waals surface area contributed by atoms with Crippen LogP contribution in [0.4, 0.5) is 0 Å². The molecule has 3 rings (SSSR count). The number of rotatable bonds is 8. The first kappa shape index (κ1) is 20.2. The van der Waals surface area contributed by atoms with Crippen LogP contribution in [0.15, 0.2) is 77.7 Å². The largest absolute Gasteiger partial charge is 0.482 e. The van der Waals surface area contributed by atoms with E-state index in [-0.39, 0.29) is 23.5 Å². The van der Waals surface area contributed by atoms with Crippen molar-refractivity contribution in [3.05, 3.63) is 100.0 Å². The number of amides is 1. The highest BCUT2D eigenvalue weighted by atomic mass is 16.5. The Morgan fingerprint density at radius 3 is 2.41 bits per heavy atom. The van der Waals surface area contributed by atoms with Crippen LogP contribution in [0.2, 0.25) is 0 Å². The van der Waals surface area contributed by atoms with Gasteiger partial charge < -0.3 is 15.9 Å². The molecule has 1 heterocycles. The molecule has 29 heavy (non-hydrogen) atoms. The molecule has 0 spiro atoms. The van der Waals surface area contributed by atoms with E-state index in [0.717, 1.165) is 16.7 Å². The van der Waals surface area contributed by atoms with E-state index in [4.69, 9.17) is 10.6 Å². The summed E-state index contributed by atoms with van der Waals surface area (Å²) in [5, 5.41) is 2.85. The van der Waals surface area contributed by atoms with Gasteiger partial charge in [0.2, 0.25) is 5.43 Å². The number of hydrogen-bond donors (Lipinski definition) is 2. The minimum atomic E-state index is -0.437. The minimum Gasteiger partial charge on any atom is -0.482 e. The smallest absolute Gasteiger partial charge is 0.273 e. The number of pyridine rings is 1. The summed E-state index contributed by atoms with van der Waals surface area (Å²) in [6.07, 6.45) is 2.12. The van der Waals surface area contributed by atoms with Gasteiger partial charge in [0.15, 0.2) is 11.4 Å². The highest BCUT2D eigenvalue weighted by Gasteiger charge is 2.19. The Labute approximate surface area is 169 Å². The number of ether oxygens (including phenoxy) is 1. The van der Waals surface area contributed by atoms with E-state index >= 15 is 0 Å². The van der Waals surface area contributed by atoms with Crippen LogP contribution in [-0.2, 0) is 6.61 Å². The molecule has 0 fully saturated rings. The molecule has 0 bridgehead atoms. The topological polar surface area (TPSA) is 86.3 Å². The van der Waals surface area contributed by atoms with Gasteiger partial charge in [0.1, 0.15) is 6.61 Å². The van der Waals surface area contributed by atoms with E-state index in [1.165, 1.54) is 17.8 Å². The summed E-state index contributed by atoms with van der Waals surface area (Å²) in [7, 11) is 0. The van der Waals surface area contributed by atoms with Crippen LogP contribution in [0, 0.1) is 0 Å². The van der Waals surface area contributed by atoms with E-state index in [2.05, 4.69) is 24.4 Å². The molecule has 2 aromatic carbocycles. The van der Waals surface area contributed by atoms with Crippen molar-refractivity contribution in [2.75, 3.05) is 12.4 Å². The molecule has 0 saturated carbocycles. The predicted octanol–water partition coefficient (Wildman–Crippen LogP) is 3.06. The monoisotopic (exact) mass is 391 g/mol. The number of carbonyl (C=O) groups excluding carboxylic acids is 1. The summed E-state index contributed by atoms with van der Waals surface area (Å²) in [6.45, 7) is 2.73. The molecule has 6 nitrogen and oxygen atoms in total. The number of nitrogens with one attached hydrogen (secondary N) is 1. The van der Waals surface area contributed by atoms with E-state index < -0.39 is 5.91 Å². The molecular formula is C23H25N3O3. The van der Waals surface area contributed by atoms with Crippen molar-refractivity contribution in [2.45, 2.75) is 25.9 Å². The summed E-state index contributed by atoms with van der Waals surface area (Å²) < 4.78 is 6.80. The van der Waals surface area contributed by atoms with Crippen molar-refractivity contribution in [2.24, 2.45) is 0 Å². The number of hydrogen-bond acceptors (Lipinski definition) is 4. The quantitative estimate of drug-likeness (QED) is 0.578. The van der Waals surface area contributed by atoms with Gasteiger partial charge in [0, 0.05) is 18.8 Å². The third-order valence-corrected chi connectivity index (χ3v) is 4.76. The Morgan fingerprint density at radius 2 is 1.72 bits per heavy atom. The number of benzene rings is 2. The summed E-state index contributed by atoms with van der Waals surface area (Å²) >= 11 is 0. The first-order valence-corrected chi connectivity index (χ1v) is 9.57. The zero-order valence-electron chi connectivity index (χ0n) is 16.4. The summed E-state index contributed by atoms with van der Waals surface area (Å²) in [5.41, 5.74) is 1.73. The van der Waals surface area contributed by atoms with Crippen molar-refractivity contribution >= 4 is 5.91 Å². The van der Waals surface area contributed by atoms with Crippen molar-refractivity contribution in [1.82, 2.24) is 9.99 Å². The van der Waals surface area contributed by atoms with Crippen LogP contribution >= 0.6 is 0 Å². The molecule has 3 N–H and O–H groups in total. The lowest BCUT2D eigenvalue weighted by Gasteiger charge is -2.16. The summed E-state index contributed by atoms with van der Waals surface area (Å²) in [6, 6.07) is 20.8. The minimum absolute atomic E-state index is 0.0146. The van der Waals surface area contributed by atoms with Crippen LogP contribution in [0.3, 0.4) is 0 Å². The van der Waals surface area contributed by atoms with E-state index in [1.54, 1.807) is 0 Å². The van der Waals surface area contributed by atoms with Crippen LogP contribution in [0.1, 0.15) is 40.9 Å². The molecule has 1 aromatic heterocycles. The van der Waals surface area contributed by atoms with Crippen LogP contribution in [-0.4, -0.2) is 17.1 Å². The average Bonchev–Trinajstić information content (AvgIpc) is 2.75. The lowest BCUT2D eigenvalue weighted by molar-refractivity contribution is 0.0938. The van der Waals surface area contributed by atoms with Crippen molar-refractivity contribution < 1.29 is 9.53 Å². The Balaban J connectivity index is 1.67. The molecule has 6 heteroatoms. The molecule has 1 unspecified atom stereocenters. The predicted molar refractivity (Wildman–Crippen MR) is 113 cm³/mol. The zero-order chi connectivity index (χ0) is 20.6. The fraction of sp³-hybridized carbons (Fsp3) is 0.217. The van der Waals surface area contributed by atoms with Gasteiger partial charge in [-0.3, -0.25) is 14.3 Å². The molecule has 0 aliphatic carbocycles. The van der Waals surface area contributed by atoms with Gasteiger partial charge in [-0.25, -0.2) is 0 Å². The van der Waals surface area contributed by atoms with Gasteiger partial charge in [0.05, 0.1) is 0 Å². The maximum absolute atomic E-state index is 12.7. The number of aromatic nitrogens is 1. The Morgan fingerprint density at radius 1 is 1.07 bits per heavy atom. The molecular weight excluding hydrogens is 366 g/mol. The summed E-state index contributed by atoms with van der Waals surface area (Å²) in [5.74, 6) is 5.73.